The molecule has 0 amide bonds. The van der Waals surface area contributed by atoms with Crippen LogP contribution in [0.25, 0.3) is 6.08 Å². The molecule has 0 aliphatic rings. The van der Waals surface area contributed by atoms with Crippen molar-refractivity contribution in [1.82, 2.24) is 0 Å². The molecule has 17 heavy (non-hydrogen) atoms. The van der Waals surface area contributed by atoms with Gasteiger partial charge in [-0.05, 0) is 43.7 Å². The largest absolute Gasteiger partial charge is 0.497 e. The molecule has 3 nitrogen and oxygen atoms in total. The smallest absolute Gasteiger partial charge is 0.333 e. The number of ether oxygens (including phenoxy) is 2. The average Bonchev–Trinajstić information content (AvgIpc) is 2.32. The minimum Gasteiger partial charge on any atom is -0.497 e. The maximum Gasteiger partial charge on any atom is 0.333 e. The first-order valence-electron chi connectivity index (χ1n) is 5.27. The van der Waals surface area contributed by atoms with Gasteiger partial charge in [-0.3, -0.25) is 0 Å². The van der Waals surface area contributed by atoms with Gasteiger partial charge in [0.15, 0.2) is 0 Å². The maximum absolute atomic E-state index is 11.5. The average molecular weight is 299 g/mol. The Balaban J connectivity index is 3.00. The highest BCUT2D eigenvalue weighted by molar-refractivity contribution is 9.10. The summed E-state index contributed by atoms with van der Waals surface area (Å²) >= 11 is 3.42. The van der Waals surface area contributed by atoms with Gasteiger partial charge in [-0.1, -0.05) is 15.9 Å². The summed E-state index contributed by atoms with van der Waals surface area (Å²) in [4.78, 5) is 11.5. The molecule has 0 unspecified atom stereocenters. The van der Waals surface area contributed by atoms with Gasteiger partial charge < -0.3 is 9.47 Å². The SMILES string of the molecule is CCOC(=O)/C(C)=C\c1cc(OC)ccc1Br. The Bertz CT molecular complexity index is 438. The van der Waals surface area contributed by atoms with E-state index in [-0.39, 0.29) is 5.97 Å². The van der Waals surface area contributed by atoms with Crippen LogP contribution in [-0.2, 0) is 9.53 Å². The van der Waals surface area contributed by atoms with Crippen LogP contribution in [0.3, 0.4) is 0 Å². The lowest BCUT2D eigenvalue weighted by Gasteiger charge is -2.05. The quantitative estimate of drug-likeness (QED) is 0.631. The first-order chi connectivity index (χ1) is 8.08. The number of carbonyl (C=O) groups is 1. The standard InChI is InChI=1S/C13H15BrO3/c1-4-17-13(15)9(2)7-10-8-11(16-3)5-6-12(10)14/h5-8H,4H2,1-3H3/b9-7-. The summed E-state index contributed by atoms with van der Waals surface area (Å²) in [5, 5.41) is 0. The van der Waals surface area contributed by atoms with Gasteiger partial charge in [0, 0.05) is 10.0 Å². The lowest BCUT2D eigenvalue weighted by atomic mass is 10.1. The summed E-state index contributed by atoms with van der Waals surface area (Å²) < 4.78 is 11.0. The number of hydrogen-bond acceptors (Lipinski definition) is 3. The van der Waals surface area contributed by atoms with Crippen LogP contribution >= 0.6 is 15.9 Å². The van der Waals surface area contributed by atoms with E-state index in [1.165, 1.54) is 0 Å². The number of esters is 1. The van der Waals surface area contributed by atoms with E-state index in [1.807, 2.05) is 18.2 Å². The molecule has 0 heterocycles. The summed E-state index contributed by atoms with van der Waals surface area (Å²) in [6.07, 6.45) is 1.77. The Morgan fingerprint density at radius 1 is 1.47 bits per heavy atom. The van der Waals surface area contributed by atoms with Gasteiger partial charge in [-0.25, -0.2) is 4.79 Å². The van der Waals surface area contributed by atoms with Gasteiger partial charge in [0.2, 0.25) is 0 Å². The Morgan fingerprint density at radius 2 is 2.18 bits per heavy atom. The van der Waals surface area contributed by atoms with Crippen LogP contribution in [0.2, 0.25) is 0 Å². The minimum absolute atomic E-state index is 0.304. The summed E-state index contributed by atoms with van der Waals surface area (Å²) in [6, 6.07) is 5.58. The van der Waals surface area contributed by atoms with Crippen molar-refractivity contribution in [2.45, 2.75) is 13.8 Å². The number of hydrogen-bond donors (Lipinski definition) is 0. The molecule has 0 radical (unpaired) electrons. The molecular formula is C13H15BrO3. The molecule has 0 aromatic heterocycles. The van der Waals surface area contributed by atoms with Gasteiger partial charge in [0.1, 0.15) is 5.75 Å². The first-order valence-corrected chi connectivity index (χ1v) is 6.06. The third-order valence-corrected chi connectivity index (χ3v) is 2.89. The molecule has 0 saturated carbocycles. The molecule has 92 valence electrons. The molecule has 1 rings (SSSR count). The summed E-state index contributed by atoms with van der Waals surface area (Å²) in [7, 11) is 1.61. The van der Waals surface area contributed by atoms with Crippen LogP contribution < -0.4 is 4.74 Å². The van der Waals surface area contributed by atoms with Gasteiger partial charge in [0.05, 0.1) is 13.7 Å². The van der Waals surface area contributed by atoms with Crippen molar-refractivity contribution in [3.63, 3.8) is 0 Å². The normalized spacial score (nSPS) is 11.2. The molecule has 0 N–H and O–H groups in total. The zero-order valence-electron chi connectivity index (χ0n) is 10.1. The Labute approximate surface area is 110 Å². The van der Waals surface area contributed by atoms with Crippen molar-refractivity contribution in [2.24, 2.45) is 0 Å². The summed E-state index contributed by atoms with van der Waals surface area (Å²) in [5.41, 5.74) is 1.44. The topological polar surface area (TPSA) is 35.5 Å². The highest BCUT2D eigenvalue weighted by atomic mass is 79.9. The predicted molar refractivity (Wildman–Crippen MR) is 71.0 cm³/mol. The molecular weight excluding hydrogens is 284 g/mol. The van der Waals surface area contributed by atoms with E-state index in [1.54, 1.807) is 27.0 Å². The van der Waals surface area contributed by atoms with Crippen LogP contribution in [-0.4, -0.2) is 19.7 Å². The van der Waals surface area contributed by atoms with E-state index in [0.717, 1.165) is 15.8 Å². The van der Waals surface area contributed by atoms with Crippen molar-refractivity contribution in [1.29, 1.82) is 0 Å². The molecule has 1 aromatic carbocycles. The van der Waals surface area contributed by atoms with Crippen LogP contribution in [0.15, 0.2) is 28.2 Å². The zero-order chi connectivity index (χ0) is 12.8. The molecule has 1 aromatic rings. The highest BCUT2D eigenvalue weighted by Gasteiger charge is 2.06. The monoisotopic (exact) mass is 298 g/mol. The minimum atomic E-state index is -0.304. The van der Waals surface area contributed by atoms with Crippen molar-refractivity contribution in [3.05, 3.63) is 33.8 Å². The van der Waals surface area contributed by atoms with E-state index in [4.69, 9.17) is 9.47 Å². The lowest BCUT2D eigenvalue weighted by Crippen LogP contribution is -2.04. The highest BCUT2D eigenvalue weighted by Crippen LogP contribution is 2.24. The first kappa shape index (κ1) is 13.8. The summed E-state index contributed by atoms with van der Waals surface area (Å²) in [6.45, 7) is 3.89. The van der Waals surface area contributed by atoms with E-state index in [9.17, 15) is 4.79 Å². The van der Waals surface area contributed by atoms with Gasteiger partial charge in [0.25, 0.3) is 0 Å². The second-order valence-electron chi connectivity index (χ2n) is 3.44. The van der Waals surface area contributed by atoms with Gasteiger partial charge >= 0.3 is 5.97 Å². The van der Waals surface area contributed by atoms with Crippen molar-refractivity contribution < 1.29 is 14.3 Å². The molecule has 4 heteroatoms. The fraction of sp³-hybridized carbons (Fsp3) is 0.308. The molecule has 0 spiro atoms. The van der Waals surface area contributed by atoms with Crippen molar-refractivity contribution >= 4 is 28.0 Å². The second-order valence-corrected chi connectivity index (χ2v) is 4.29. The number of benzene rings is 1. The fourth-order valence-corrected chi connectivity index (χ4v) is 1.66. The number of methoxy groups -OCH3 is 1. The van der Waals surface area contributed by atoms with E-state index in [0.29, 0.717) is 12.2 Å². The Kier molecular flexibility index (Phi) is 5.22. The second kappa shape index (κ2) is 6.45. The molecule has 0 fully saturated rings. The molecule has 0 atom stereocenters. The van der Waals surface area contributed by atoms with Crippen LogP contribution in [0.4, 0.5) is 0 Å². The third kappa shape index (κ3) is 3.89. The Morgan fingerprint density at radius 3 is 2.76 bits per heavy atom. The molecule has 0 aliphatic heterocycles. The zero-order valence-corrected chi connectivity index (χ0v) is 11.7. The molecule has 0 saturated heterocycles. The predicted octanol–water partition coefficient (Wildman–Crippen LogP) is 3.42. The molecule has 0 bridgehead atoms. The number of carbonyl (C=O) groups excluding carboxylic acids is 1. The lowest BCUT2D eigenvalue weighted by molar-refractivity contribution is -0.138. The fourth-order valence-electron chi connectivity index (χ4n) is 1.30. The third-order valence-electron chi connectivity index (χ3n) is 2.17. The van der Waals surface area contributed by atoms with E-state index >= 15 is 0 Å². The van der Waals surface area contributed by atoms with Crippen molar-refractivity contribution in [2.75, 3.05) is 13.7 Å². The van der Waals surface area contributed by atoms with Crippen LogP contribution in [0.5, 0.6) is 5.75 Å². The number of rotatable bonds is 4. The summed E-state index contributed by atoms with van der Waals surface area (Å²) in [5.74, 6) is 0.443. The van der Waals surface area contributed by atoms with Gasteiger partial charge in [-0.15, -0.1) is 0 Å². The number of halogens is 1. The van der Waals surface area contributed by atoms with Crippen LogP contribution in [0.1, 0.15) is 19.4 Å². The van der Waals surface area contributed by atoms with Crippen molar-refractivity contribution in [3.8, 4) is 5.75 Å². The van der Waals surface area contributed by atoms with Gasteiger partial charge in [-0.2, -0.15) is 0 Å². The van der Waals surface area contributed by atoms with E-state index < -0.39 is 0 Å². The van der Waals surface area contributed by atoms with E-state index in [2.05, 4.69) is 15.9 Å². The van der Waals surface area contributed by atoms with Crippen LogP contribution in [0, 0.1) is 0 Å². The maximum atomic E-state index is 11.5. The molecule has 0 aliphatic carbocycles. The Hall–Kier alpha value is -1.29.